The van der Waals surface area contributed by atoms with Crippen LogP contribution < -0.4 is 0 Å². The molecule has 16 heavy (non-hydrogen) atoms. The largest absolute Gasteiger partial charge is 0.459 e. The Bertz CT molecular complexity index is 552. The van der Waals surface area contributed by atoms with Crippen LogP contribution in [0.1, 0.15) is 17.6 Å². The first-order valence-electron chi connectivity index (χ1n) is 4.54. The number of ether oxygens (including phenoxy) is 1. The van der Waals surface area contributed by atoms with Gasteiger partial charge in [-0.2, -0.15) is 0 Å². The lowest BCUT2D eigenvalue weighted by Crippen LogP contribution is -2.04. The van der Waals surface area contributed by atoms with Crippen molar-refractivity contribution in [3.8, 4) is 0 Å². The Kier molecular flexibility index (Phi) is 2.91. The van der Waals surface area contributed by atoms with Crippen molar-refractivity contribution in [2.75, 3.05) is 6.61 Å². The average Bonchev–Trinajstić information content (AvgIpc) is 2.62. The fourth-order valence-electron chi connectivity index (χ4n) is 1.24. The Balaban J connectivity index is 2.51. The van der Waals surface area contributed by atoms with Crippen LogP contribution in [0.4, 0.5) is 4.39 Å². The number of nitrogens with zero attached hydrogens (tertiary/aromatic N) is 1. The first-order chi connectivity index (χ1) is 7.61. The van der Waals surface area contributed by atoms with E-state index in [1.807, 2.05) is 0 Å². The summed E-state index contributed by atoms with van der Waals surface area (Å²) < 4.78 is 23.3. The van der Waals surface area contributed by atoms with E-state index in [2.05, 4.69) is 20.9 Å². The number of hydrogen-bond donors (Lipinski definition) is 0. The first kappa shape index (κ1) is 11.1. The Hall–Kier alpha value is -1.43. The van der Waals surface area contributed by atoms with Gasteiger partial charge in [-0.25, -0.2) is 14.2 Å². The van der Waals surface area contributed by atoms with Crippen molar-refractivity contribution in [1.82, 2.24) is 4.98 Å². The molecule has 0 spiro atoms. The lowest BCUT2D eigenvalue weighted by Gasteiger charge is -1.94. The quantitative estimate of drug-likeness (QED) is 0.797. The van der Waals surface area contributed by atoms with E-state index in [9.17, 15) is 9.18 Å². The summed E-state index contributed by atoms with van der Waals surface area (Å²) in [6.07, 6.45) is 0. The highest BCUT2D eigenvalue weighted by Crippen LogP contribution is 2.26. The minimum Gasteiger partial charge on any atom is -0.459 e. The van der Waals surface area contributed by atoms with Gasteiger partial charge in [-0.05, 0) is 28.9 Å². The molecule has 0 amide bonds. The molecule has 0 unspecified atom stereocenters. The van der Waals surface area contributed by atoms with Crippen LogP contribution in [-0.4, -0.2) is 17.6 Å². The molecule has 0 aliphatic rings. The fraction of sp³-hybridized carbons (Fsp3) is 0.200. The van der Waals surface area contributed by atoms with Crippen LogP contribution in [0.15, 0.2) is 21.0 Å². The standard InChI is InChI=1S/C10H7BrFNO3/c1-2-15-10(14)9-13-7-4-5(12)3-6(11)8(7)16-9/h3-4H,2H2,1H3. The van der Waals surface area contributed by atoms with Gasteiger partial charge < -0.3 is 9.15 Å². The molecule has 4 nitrogen and oxygen atoms in total. The third-order valence-corrected chi connectivity index (χ3v) is 2.45. The van der Waals surface area contributed by atoms with Gasteiger partial charge in [0.25, 0.3) is 0 Å². The van der Waals surface area contributed by atoms with Crippen LogP contribution in [-0.2, 0) is 4.74 Å². The van der Waals surface area contributed by atoms with Gasteiger partial charge in [-0.3, -0.25) is 0 Å². The highest BCUT2D eigenvalue weighted by molar-refractivity contribution is 9.10. The van der Waals surface area contributed by atoms with Crippen molar-refractivity contribution >= 4 is 33.0 Å². The molecule has 0 saturated carbocycles. The zero-order valence-corrected chi connectivity index (χ0v) is 9.88. The third-order valence-electron chi connectivity index (χ3n) is 1.86. The minimum absolute atomic E-state index is 0.178. The maximum absolute atomic E-state index is 13.0. The second kappa shape index (κ2) is 4.21. The summed E-state index contributed by atoms with van der Waals surface area (Å²) in [6.45, 7) is 1.91. The third kappa shape index (κ3) is 1.92. The highest BCUT2D eigenvalue weighted by atomic mass is 79.9. The Morgan fingerprint density at radius 3 is 3.06 bits per heavy atom. The maximum atomic E-state index is 13.0. The van der Waals surface area contributed by atoms with Crippen LogP contribution >= 0.6 is 15.9 Å². The summed E-state index contributed by atoms with van der Waals surface area (Å²) in [5.41, 5.74) is 0.597. The van der Waals surface area contributed by atoms with Crippen molar-refractivity contribution in [3.63, 3.8) is 0 Å². The summed E-state index contributed by atoms with van der Waals surface area (Å²) in [7, 11) is 0. The molecule has 1 heterocycles. The first-order valence-corrected chi connectivity index (χ1v) is 5.34. The van der Waals surface area contributed by atoms with E-state index < -0.39 is 11.8 Å². The molecule has 84 valence electrons. The Labute approximate surface area is 98.5 Å². The van der Waals surface area contributed by atoms with Gasteiger partial charge in [0.05, 0.1) is 11.1 Å². The van der Waals surface area contributed by atoms with Crippen molar-refractivity contribution in [1.29, 1.82) is 0 Å². The molecule has 1 aromatic heterocycles. The zero-order chi connectivity index (χ0) is 11.7. The number of halogens is 2. The van der Waals surface area contributed by atoms with Gasteiger partial charge in [0.2, 0.25) is 0 Å². The van der Waals surface area contributed by atoms with E-state index in [-0.39, 0.29) is 18.0 Å². The monoisotopic (exact) mass is 287 g/mol. The molecule has 0 N–H and O–H groups in total. The highest BCUT2D eigenvalue weighted by Gasteiger charge is 2.17. The van der Waals surface area contributed by atoms with E-state index in [1.165, 1.54) is 12.1 Å². The molecule has 0 radical (unpaired) electrons. The number of esters is 1. The number of carbonyl (C=O) groups is 1. The molecular weight excluding hydrogens is 281 g/mol. The molecular formula is C10H7BrFNO3. The molecule has 0 saturated heterocycles. The molecule has 0 fully saturated rings. The smallest absolute Gasteiger partial charge is 0.394 e. The molecule has 1 aromatic carbocycles. The second-order valence-corrected chi connectivity index (χ2v) is 3.83. The average molecular weight is 288 g/mol. The van der Waals surface area contributed by atoms with Crippen LogP contribution in [0.3, 0.4) is 0 Å². The molecule has 6 heteroatoms. The van der Waals surface area contributed by atoms with Crippen molar-refractivity contribution in [2.24, 2.45) is 0 Å². The second-order valence-electron chi connectivity index (χ2n) is 2.98. The number of oxazole rings is 1. The summed E-state index contributed by atoms with van der Waals surface area (Å²) >= 11 is 3.12. The minimum atomic E-state index is -0.661. The topological polar surface area (TPSA) is 52.3 Å². The number of rotatable bonds is 2. The Morgan fingerprint density at radius 2 is 2.38 bits per heavy atom. The predicted octanol–water partition coefficient (Wildman–Crippen LogP) is 2.91. The predicted molar refractivity (Wildman–Crippen MR) is 57.6 cm³/mol. The number of carbonyl (C=O) groups excluding carboxylic acids is 1. The van der Waals surface area contributed by atoms with Crippen LogP contribution in [0.5, 0.6) is 0 Å². The lowest BCUT2D eigenvalue weighted by atomic mass is 10.3. The van der Waals surface area contributed by atoms with Crippen molar-refractivity contribution in [2.45, 2.75) is 6.92 Å². The van der Waals surface area contributed by atoms with Gasteiger partial charge in [-0.1, -0.05) is 0 Å². The van der Waals surface area contributed by atoms with Gasteiger partial charge in [0.1, 0.15) is 11.3 Å². The molecule has 2 rings (SSSR count). The summed E-state index contributed by atoms with van der Waals surface area (Å²) in [5, 5.41) is 0. The number of benzene rings is 1. The fourth-order valence-corrected chi connectivity index (χ4v) is 1.74. The zero-order valence-electron chi connectivity index (χ0n) is 8.29. The van der Waals surface area contributed by atoms with E-state index in [4.69, 9.17) is 9.15 Å². The van der Waals surface area contributed by atoms with Crippen LogP contribution in [0.25, 0.3) is 11.1 Å². The van der Waals surface area contributed by atoms with Gasteiger partial charge >= 0.3 is 11.9 Å². The summed E-state index contributed by atoms with van der Waals surface area (Å²) in [6, 6.07) is 2.43. The van der Waals surface area contributed by atoms with Crippen molar-refractivity contribution in [3.05, 3.63) is 28.3 Å². The van der Waals surface area contributed by atoms with E-state index in [0.29, 0.717) is 10.1 Å². The summed E-state index contributed by atoms with van der Waals surface area (Å²) in [4.78, 5) is 15.2. The molecule has 2 aromatic rings. The van der Waals surface area contributed by atoms with Gasteiger partial charge in [0, 0.05) is 6.07 Å². The van der Waals surface area contributed by atoms with E-state index in [0.717, 1.165) is 0 Å². The van der Waals surface area contributed by atoms with Crippen molar-refractivity contribution < 1.29 is 18.3 Å². The maximum Gasteiger partial charge on any atom is 0.394 e. The van der Waals surface area contributed by atoms with Crippen LogP contribution in [0.2, 0.25) is 0 Å². The Morgan fingerprint density at radius 1 is 1.62 bits per heavy atom. The SMILES string of the molecule is CCOC(=O)c1nc2cc(F)cc(Br)c2o1. The normalized spacial score (nSPS) is 10.7. The number of hydrogen-bond acceptors (Lipinski definition) is 4. The molecule has 0 bridgehead atoms. The van der Waals surface area contributed by atoms with Gasteiger partial charge in [0.15, 0.2) is 5.58 Å². The van der Waals surface area contributed by atoms with E-state index >= 15 is 0 Å². The number of aromatic nitrogens is 1. The molecule has 0 aliphatic carbocycles. The van der Waals surface area contributed by atoms with Gasteiger partial charge in [-0.15, -0.1) is 0 Å². The number of fused-ring (bicyclic) bond motifs is 1. The van der Waals surface area contributed by atoms with E-state index in [1.54, 1.807) is 6.92 Å². The molecule has 0 atom stereocenters. The lowest BCUT2D eigenvalue weighted by molar-refractivity contribution is 0.0483. The molecule has 0 aliphatic heterocycles. The van der Waals surface area contributed by atoms with Crippen LogP contribution in [0, 0.1) is 5.82 Å². The summed E-state index contributed by atoms with van der Waals surface area (Å²) in [5.74, 6) is -1.29.